The molecule has 1 saturated heterocycles. The van der Waals surface area contributed by atoms with E-state index in [-0.39, 0.29) is 37.9 Å². The SMILES string of the molecule is Cl.Cl.O=[N+]([O-])c1cc(F)c(O)c([C@H](C(F)F)N2CCNCC2)c1. The van der Waals surface area contributed by atoms with Gasteiger partial charge in [-0.25, -0.2) is 13.2 Å². The topological polar surface area (TPSA) is 78.6 Å². The van der Waals surface area contributed by atoms with E-state index in [0.29, 0.717) is 19.2 Å². The number of aromatic hydroxyl groups is 1. The first-order valence-corrected chi connectivity index (χ1v) is 6.31. The van der Waals surface area contributed by atoms with E-state index in [9.17, 15) is 28.4 Å². The summed E-state index contributed by atoms with van der Waals surface area (Å²) in [5, 5.41) is 23.4. The molecule has 1 aromatic rings. The minimum atomic E-state index is -2.91. The Labute approximate surface area is 142 Å². The largest absolute Gasteiger partial charge is 0.505 e. The number of non-ortho nitro benzene ring substituents is 1. The third-order valence-electron chi connectivity index (χ3n) is 3.39. The zero-order valence-electron chi connectivity index (χ0n) is 11.7. The molecule has 23 heavy (non-hydrogen) atoms. The summed E-state index contributed by atoms with van der Waals surface area (Å²) in [4.78, 5) is 11.2. The third-order valence-corrected chi connectivity index (χ3v) is 3.39. The predicted molar refractivity (Wildman–Crippen MR) is 82.4 cm³/mol. The Morgan fingerprint density at radius 1 is 1.26 bits per heavy atom. The second-order valence-electron chi connectivity index (χ2n) is 4.69. The first-order valence-electron chi connectivity index (χ1n) is 6.31. The van der Waals surface area contributed by atoms with Gasteiger partial charge < -0.3 is 10.4 Å². The molecule has 1 heterocycles. The quantitative estimate of drug-likeness (QED) is 0.622. The average molecular weight is 378 g/mol. The number of halogens is 5. The number of nitro groups is 1. The lowest BCUT2D eigenvalue weighted by Crippen LogP contribution is -2.47. The number of rotatable bonds is 4. The molecule has 0 aliphatic carbocycles. The monoisotopic (exact) mass is 377 g/mol. The number of hydrogen-bond donors (Lipinski definition) is 2. The van der Waals surface area contributed by atoms with Crippen molar-refractivity contribution in [2.24, 2.45) is 0 Å². The highest BCUT2D eigenvalue weighted by Crippen LogP contribution is 2.37. The summed E-state index contributed by atoms with van der Waals surface area (Å²) in [5.74, 6) is -2.25. The Hall–Kier alpha value is -1.29. The molecule has 1 atom stereocenters. The fourth-order valence-corrected chi connectivity index (χ4v) is 2.39. The van der Waals surface area contributed by atoms with Crippen molar-refractivity contribution < 1.29 is 23.2 Å². The molecule has 1 aliphatic rings. The van der Waals surface area contributed by atoms with E-state index in [0.717, 1.165) is 6.07 Å². The van der Waals surface area contributed by atoms with Gasteiger partial charge in [0.1, 0.15) is 6.04 Å². The van der Waals surface area contributed by atoms with Crippen LogP contribution in [-0.2, 0) is 0 Å². The van der Waals surface area contributed by atoms with Crippen molar-refractivity contribution in [3.8, 4) is 5.75 Å². The van der Waals surface area contributed by atoms with Crippen LogP contribution in [0.5, 0.6) is 5.75 Å². The molecule has 6 nitrogen and oxygen atoms in total. The van der Waals surface area contributed by atoms with Crippen LogP contribution < -0.4 is 5.32 Å². The zero-order chi connectivity index (χ0) is 15.6. The maximum atomic E-state index is 13.6. The minimum absolute atomic E-state index is 0. The number of nitrogens with zero attached hydrogens (tertiary/aromatic N) is 2. The van der Waals surface area contributed by atoms with Crippen LogP contribution in [0.3, 0.4) is 0 Å². The van der Waals surface area contributed by atoms with Gasteiger partial charge in [0.25, 0.3) is 12.1 Å². The van der Waals surface area contributed by atoms with Crippen LogP contribution in [0.1, 0.15) is 11.6 Å². The summed E-state index contributed by atoms with van der Waals surface area (Å²) in [7, 11) is 0. The van der Waals surface area contributed by atoms with Crippen molar-refractivity contribution in [1.29, 1.82) is 0 Å². The fourth-order valence-electron chi connectivity index (χ4n) is 2.39. The standard InChI is InChI=1S/C12H14F3N3O3.2ClH/c13-9-6-7(18(20)21)5-8(11(9)19)10(12(14)15)17-3-1-16-2-4-17;;/h5-6,10,12,16,19H,1-4H2;2*1H/t10-;;/m1../s1. The normalized spacial score (nSPS) is 16.3. The minimum Gasteiger partial charge on any atom is -0.505 e. The van der Waals surface area contributed by atoms with E-state index in [4.69, 9.17) is 0 Å². The highest BCUT2D eigenvalue weighted by Gasteiger charge is 2.34. The molecular formula is C12H16Cl2F3N3O3. The Kier molecular flexibility index (Phi) is 8.60. The third kappa shape index (κ3) is 4.84. The maximum Gasteiger partial charge on any atom is 0.272 e. The van der Waals surface area contributed by atoms with Gasteiger partial charge in [0.15, 0.2) is 11.6 Å². The van der Waals surface area contributed by atoms with E-state index >= 15 is 0 Å². The molecule has 1 aliphatic heterocycles. The lowest BCUT2D eigenvalue weighted by Gasteiger charge is -2.34. The summed E-state index contributed by atoms with van der Waals surface area (Å²) in [6, 6.07) is -0.266. The van der Waals surface area contributed by atoms with Gasteiger partial charge in [-0.1, -0.05) is 0 Å². The summed E-state index contributed by atoms with van der Waals surface area (Å²) >= 11 is 0. The molecule has 0 radical (unpaired) electrons. The Balaban J connectivity index is 0.00000242. The van der Waals surface area contributed by atoms with E-state index in [1.165, 1.54) is 4.90 Å². The lowest BCUT2D eigenvalue weighted by molar-refractivity contribution is -0.385. The van der Waals surface area contributed by atoms with Gasteiger partial charge in [-0.3, -0.25) is 15.0 Å². The first-order chi connectivity index (χ1) is 9.91. The maximum absolute atomic E-state index is 13.6. The van der Waals surface area contributed by atoms with Crippen LogP contribution in [0, 0.1) is 15.9 Å². The van der Waals surface area contributed by atoms with Crippen LogP contribution in [-0.4, -0.2) is 47.5 Å². The van der Waals surface area contributed by atoms with Gasteiger partial charge in [-0.2, -0.15) is 0 Å². The molecule has 0 spiro atoms. The van der Waals surface area contributed by atoms with Gasteiger partial charge in [0, 0.05) is 37.8 Å². The molecule has 0 unspecified atom stereocenters. The first kappa shape index (κ1) is 21.7. The number of nitro benzene ring substituents is 1. The van der Waals surface area contributed by atoms with Crippen molar-refractivity contribution in [1.82, 2.24) is 10.2 Å². The van der Waals surface area contributed by atoms with Crippen LogP contribution >= 0.6 is 24.8 Å². The number of hydrogen-bond acceptors (Lipinski definition) is 5. The molecule has 0 bridgehead atoms. The number of alkyl halides is 2. The summed E-state index contributed by atoms with van der Waals surface area (Å²) < 4.78 is 40.3. The molecule has 11 heteroatoms. The van der Waals surface area contributed by atoms with Crippen LogP contribution in [0.2, 0.25) is 0 Å². The van der Waals surface area contributed by atoms with E-state index in [1.54, 1.807) is 0 Å². The van der Waals surface area contributed by atoms with E-state index < -0.39 is 40.2 Å². The highest BCUT2D eigenvalue weighted by molar-refractivity contribution is 5.85. The van der Waals surface area contributed by atoms with Crippen molar-refractivity contribution >= 4 is 30.5 Å². The van der Waals surface area contributed by atoms with E-state index in [1.807, 2.05) is 0 Å². The zero-order valence-corrected chi connectivity index (χ0v) is 13.4. The lowest BCUT2D eigenvalue weighted by atomic mass is 10.0. The number of piperazine rings is 1. The molecule has 0 aromatic heterocycles. The van der Waals surface area contributed by atoms with Gasteiger partial charge in [0.05, 0.1) is 11.0 Å². The summed E-state index contributed by atoms with van der Waals surface area (Å²) in [6.07, 6.45) is -2.91. The van der Waals surface area contributed by atoms with Gasteiger partial charge in [-0.05, 0) is 0 Å². The number of phenols is 1. The van der Waals surface area contributed by atoms with Crippen molar-refractivity contribution in [2.75, 3.05) is 26.2 Å². The summed E-state index contributed by atoms with van der Waals surface area (Å²) in [5.41, 5.74) is -1.13. The van der Waals surface area contributed by atoms with Crippen LogP contribution in [0.4, 0.5) is 18.9 Å². The number of nitrogens with one attached hydrogen (secondary N) is 1. The Bertz CT molecular complexity index is 546. The molecule has 132 valence electrons. The second kappa shape index (κ2) is 9.11. The Morgan fingerprint density at radius 3 is 2.30 bits per heavy atom. The highest BCUT2D eigenvalue weighted by atomic mass is 35.5. The van der Waals surface area contributed by atoms with Gasteiger partial charge in [0.2, 0.25) is 0 Å². The Morgan fingerprint density at radius 2 is 1.83 bits per heavy atom. The smallest absolute Gasteiger partial charge is 0.272 e. The summed E-state index contributed by atoms with van der Waals surface area (Å²) in [6.45, 7) is 1.50. The van der Waals surface area contributed by atoms with Gasteiger partial charge in [-0.15, -0.1) is 24.8 Å². The van der Waals surface area contributed by atoms with Gasteiger partial charge >= 0.3 is 0 Å². The number of phenolic OH excluding ortho intramolecular Hbond substituents is 1. The van der Waals surface area contributed by atoms with Crippen LogP contribution in [0.15, 0.2) is 12.1 Å². The molecule has 2 N–H and O–H groups in total. The average Bonchev–Trinajstić information content (AvgIpc) is 2.44. The molecule has 0 amide bonds. The predicted octanol–water partition coefficient (Wildman–Crippen LogP) is 2.49. The van der Waals surface area contributed by atoms with Crippen molar-refractivity contribution in [2.45, 2.75) is 12.5 Å². The van der Waals surface area contributed by atoms with E-state index in [2.05, 4.69) is 5.32 Å². The fraction of sp³-hybridized carbons (Fsp3) is 0.500. The second-order valence-corrected chi connectivity index (χ2v) is 4.69. The molecule has 0 saturated carbocycles. The van der Waals surface area contributed by atoms with Crippen LogP contribution in [0.25, 0.3) is 0 Å². The van der Waals surface area contributed by atoms with Crippen molar-refractivity contribution in [3.63, 3.8) is 0 Å². The molecule has 1 aromatic carbocycles. The molecular weight excluding hydrogens is 362 g/mol. The molecule has 1 fully saturated rings. The molecule has 2 rings (SSSR count). The van der Waals surface area contributed by atoms with Crippen molar-refractivity contribution in [3.05, 3.63) is 33.6 Å². The number of benzene rings is 1.